The number of rotatable bonds is 3. The van der Waals surface area contributed by atoms with Crippen LogP contribution < -0.4 is 10.1 Å². The van der Waals surface area contributed by atoms with Crippen LogP contribution in [0.3, 0.4) is 0 Å². The molecular formula is C21H18BrNO2. The van der Waals surface area contributed by atoms with E-state index in [9.17, 15) is 4.79 Å². The Morgan fingerprint density at radius 3 is 2.72 bits per heavy atom. The summed E-state index contributed by atoms with van der Waals surface area (Å²) in [5.74, 6) is 0.907. The summed E-state index contributed by atoms with van der Waals surface area (Å²) in [7, 11) is 0. The molecule has 4 rings (SSSR count). The molecule has 3 aromatic carbocycles. The van der Waals surface area contributed by atoms with Gasteiger partial charge in [-0.05, 0) is 41.6 Å². The van der Waals surface area contributed by atoms with Crippen molar-refractivity contribution in [2.45, 2.75) is 19.3 Å². The van der Waals surface area contributed by atoms with Gasteiger partial charge in [0.05, 0.1) is 12.3 Å². The highest BCUT2D eigenvalue weighted by atomic mass is 79.9. The lowest BCUT2D eigenvalue weighted by molar-refractivity contribution is -0.116. The molecule has 0 saturated carbocycles. The summed E-state index contributed by atoms with van der Waals surface area (Å²) in [6, 6.07) is 18.3. The first kappa shape index (κ1) is 16.2. The minimum absolute atomic E-state index is 0.0186. The van der Waals surface area contributed by atoms with E-state index in [1.807, 2.05) is 37.3 Å². The molecule has 3 aromatic rings. The molecule has 3 nitrogen and oxygen atoms in total. The van der Waals surface area contributed by atoms with Gasteiger partial charge in [0.25, 0.3) is 0 Å². The quantitative estimate of drug-likeness (QED) is 0.637. The Hall–Kier alpha value is -2.33. The van der Waals surface area contributed by atoms with Crippen molar-refractivity contribution in [3.05, 3.63) is 70.2 Å². The first-order valence-electron chi connectivity index (χ1n) is 8.41. The van der Waals surface area contributed by atoms with Crippen molar-refractivity contribution in [1.82, 2.24) is 0 Å². The van der Waals surface area contributed by atoms with Crippen LogP contribution in [0.25, 0.3) is 10.8 Å². The maximum Gasteiger partial charge on any atom is 0.225 e. The summed E-state index contributed by atoms with van der Waals surface area (Å²) in [6.07, 6.45) is 0.438. The van der Waals surface area contributed by atoms with Gasteiger partial charge in [0, 0.05) is 22.2 Å². The minimum Gasteiger partial charge on any atom is -0.494 e. The third kappa shape index (κ3) is 2.91. The molecule has 1 amide bonds. The van der Waals surface area contributed by atoms with Crippen molar-refractivity contribution >= 4 is 38.3 Å². The Labute approximate surface area is 155 Å². The zero-order valence-electron chi connectivity index (χ0n) is 13.9. The van der Waals surface area contributed by atoms with Crippen molar-refractivity contribution in [2.24, 2.45) is 0 Å². The van der Waals surface area contributed by atoms with Crippen LogP contribution in [0.4, 0.5) is 5.69 Å². The highest BCUT2D eigenvalue weighted by molar-refractivity contribution is 9.10. The van der Waals surface area contributed by atoms with Crippen molar-refractivity contribution in [1.29, 1.82) is 0 Å². The number of carbonyl (C=O) groups is 1. The fourth-order valence-corrected chi connectivity index (χ4v) is 4.13. The molecule has 1 aliphatic heterocycles. The number of hydrogen-bond acceptors (Lipinski definition) is 2. The largest absolute Gasteiger partial charge is 0.494 e. The summed E-state index contributed by atoms with van der Waals surface area (Å²) in [4.78, 5) is 12.4. The van der Waals surface area contributed by atoms with E-state index in [4.69, 9.17) is 4.74 Å². The fourth-order valence-electron chi connectivity index (χ4n) is 3.54. The number of amides is 1. The first-order valence-corrected chi connectivity index (χ1v) is 9.20. The van der Waals surface area contributed by atoms with Gasteiger partial charge in [0.2, 0.25) is 5.91 Å². The van der Waals surface area contributed by atoms with Crippen LogP contribution in [-0.2, 0) is 4.79 Å². The lowest BCUT2D eigenvalue weighted by Gasteiger charge is -2.28. The molecule has 0 fully saturated rings. The number of ether oxygens (including phenoxy) is 1. The molecule has 0 unspecified atom stereocenters. The van der Waals surface area contributed by atoms with E-state index in [-0.39, 0.29) is 11.8 Å². The van der Waals surface area contributed by atoms with Crippen LogP contribution in [0, 0.1) is 0 Å². The van der Waals surface area contributed by atoms with Gasteiger partial charge in [-0.15, -0.1) is 0 Å². The van der Waals surface area contributed by atoms with Gasteiger partial charge in [-0.2, -0.15) is 0 Å². The number of benzene rings is 3. The van der Waals surface area contributed by atoms with Crippen molar-refractivity contribution in [3.63, 3.8) is 0 Å². The second kappa shape index (κ2) is 6.52. The van der Waals surface area contributed by atoms with Crippen molar-refractivity contribution < 1.29 is 9.53 Å². The molecule has 0 aromatic heterocycles. The standard InChI is InChI=1S/C21H18BrNO2/c1-2-25-14-7-5-6-13(10-14)17-12-20(24)23-21-16-9-4-3-8-15(16)19(22)11-18(17)21/h3-11,17H,2,12H2,1H3,(H,23,24)/t17-/m1/s1. The Balaban J connectivity index is 1.90. The second-order valence-electron chi connectivity index (χ2n) is 6.18. The topological polar surface area (TPSA) is 38.3 Å². The Bertz CT molecular complexity index is 967. The molecule has 0 radical (unpaired) electrons. The number of hydrogen-bond donors (Lipinski definition) is 1. The smallest absolute Gasteiger partial charge is 0.225 e. The zero-order chi connectivity index (χ0) is 17.4. The predicted molar refractivity (Wildman–Crippen MR) is 104 cm³/mol. The first-order chi connectivity index (χ1) is 12.2. The summed E-state index contributed by atoms with van der Waals surface area (Å²) in [5.41, 5.74) is 3.16. The summed E-state index contributed by atoms with van der Waals surface area (Å²) in [5, 5.41) is 5.24. The van der Waals surface area contributed by atoms with E-state index >= 15 is 0 Å². The van der Waals surface area contributed by atoms with Crippen molar-refractivity contribution in [2.75, 3.05) is 11.9 Å². The van der Waals surface area contributed by atoms with Crippen LogP contribution in [0.1, 0.15) is 30.4 Å². The molecular weight excluding hydrogens is 378 g/mol. The molecule has 25 heavy (non-hydrogen) atoms. The second-order valence-corrected chi connectivity index (χ2v) is 7.03. The van der Waals surface area contributed by atoms with E-state index in [0.29, 0.717) is 13.0 Å². The number of halogens is 1. The van der Waals surface area contributed by atoms with Crippen LogP contribution in [0.15, 0.2) is 59.1 Å². The van der Waals surface area contributed by atoms with Gasteiger partial charge < -0.3 is 10.1 Å². The van der Waals surface area contributed by atoms with Gasteiger partial charge in [-0.25, -0.2) is 0 Å². The lowest BCUT2D eigenvalue weighted by Crippen LogP contribution is -2.23. The molecule has 0 spiro atoms. The van der Waals surface area contributed by atoms with E-state index in [2.05, 4.69) is 45.5 Å². The van der Waals surface area contributed by atoms with Crippen LogP contribution in [0.5, 0.6) is 5.75 Å². The summed E-state index contributed by atoms with van der Waals surface area (Å²) >= 11 is 3.69. The molecule has 0 bridgehead atoms. The minimum atomic E-state index is 0.0186. The van der Waals surface area contributed by atoms with Crippen LogP contribution >= 0.6 is 15.9 Å². The molecule has 1 aliphatic rings. The average Bonchev–Trinajstić information content (AvgIpc) is 2.63. The molecule has 1 N–H and O–H groups in total. The highest BCUT2D eigenvalue weighted by Gasteiger charge is 2.28. The van der Waals surface area contributed by atoms with E-state index in [1.165, 1.54) is 0 Å². The number of nitrogens with one attached hydrogen (secondary N) is 1. The Kier molecular flexibility index (Phi) is 4.22. The molecule has 0 saturated heterocycles. The fraction of sp³-hybridized carbons (Fsp3) is 0.190. The molecule has 4 heteroatoms. The highest BCUT2D eigenvalue weighted by Crippen LogP contribution is 2.43. The maximum absolute atomic E-state index is 12.4. The maximum atomic E-state index is 12.4. The predicted octanol–water partition coefficient (Wildman–Crippen LogP) is 5.48. The zero-order valence-corrected chi connectivity index (χ0v) is 15.5. The van der Waals surface area contributed by atoms with E-state index in [0.717, 1.165) is 37.8 Å². The average molecular weight is 396 g/mol. The molecule has 1 atom stereocenters. The van der Waals surface area contributed by atoms with Crippen LogP contribution in [-0.4, -0.2) is 12.5 Å². The van der Waals surface area contributed by atoms with Gasteiger partial charge in [0.1, 0.15) is 5.75 Å². The summed E-state index contributed by atoms with van der Waals surface area (Å²) < 4.78 is 6.68. The monoisotopic (exact) mass is 395 g/mol. The third-order valence-corrected chi connectivity index (χ3v) is 5.28. The van der Waals surface area contributed by atoms with Gasteiger partial charge >= 0.3 is 0 Å². The molecule has 126 valence electrons. The van der Waals surface area contributed by atoms with Gasteiger partial charge in [0.15, 0.2) is 0 Å². The molecule has 1 heterocycles. The normalized spacial score (nSPS) is 16.4. The number of fused-ring (bicyclic) bond motifs is 3. The number of carbonyl (C=O) groups excluding carboxylic acids is 1. The van der Waals surface area contributed by atoms with E-state index < -0.39 is 0 Å². The van der Waals surface area contributed by atoms with Gasteiger partial charge in [-0.3, -0.25) is 4.79 Å². The third-order valence-electron chi connectivity index (χ3n) is 4.63. The Morgan fingerprint density at radius 1 is 1.12 bits per heavy atom. The van der Waals surface area contributed by atoms with Crippen LogP contribution in [0.2, 0.25) is 0 Å². The summed E-state index contributed by atoms with van der Waals surface area (Å²) in [6.45, 7) is 2.60. The van der Waals surface area contributed by atoms with Gasteiger partial charge in [-0.1, -0.05) is 52.3 Å². The SMILES string of the molecule is CCOc1cccc([C@H]2CC(=O)Nc3c2cc(Br)c2ccccc32)c1. The molecule has 0 aliphatic carbocycles. The van der Waals surface area contributed by atoms with Crippen molar-refractivity contribution in [3.8, 4) is 5.75 Å². The lowest BCUT2D eigenvalue weighted by atomic mass is 9.83. The van der Waals surface area contributed by atoms with E-state index in [1.54, 1.807) is 0 Å². The number of anilines is 1. The Morgan fingerprint density at radius 2 is 1.92 bits per heavy atom.